The largest absolute Gasteiger partial charge is 0.495 e. The number of rotatable bonds is 5. The van der Waals surface area contributed by atoms with Gasteiger partial charge in [0, 0.05) is 36.4 Å². The zero-order valence-electron chi connectivity index (χ0n) is 19.0. The lowest BCUT2D eigenvalue weighted by Crippen LogP contribution is -2.20. The Morgan fingerprint density at radius 1 is 1.14 bits per heavy atom. The average Bonchev–Trinajstić information content (AvgIpc) is 3.45. The van der Waals surface area contributed by atoms with Gasteiger partial charge in [0.15, 0.2) is 5.83 Å². The van der Waals surface area contributed by atoms with Crippen LogP contribution in [0.5, 0.6) is 5.75 Å². The van der Waals surface area contributed by atoms with Crippen LogP contribution in [0.25, 0.3) is 17.6 Å². The fourth-order valence-corrected chi connectivity index (χ4v) is 4.37. The first-order chi connectivity index (χ1) is 16.8. The molecule has 1 aliphatic heterocycles. The molecule has 0 amide bonds. The molecule has 0 N–H and O–H groups in total. The first-order valence-corrected chi connectivity index (χ1v) is 11.0. The molecule has 0 fully saturated rings. The Morgan fingerprint density at radius 2 is 1.91 bits per heavy atom. The zero-order valence-corrected chi connectivity index (χ0v) is 19.0. The molecule has 0 spiro atoms. The van der Waals surface area contributed by atoms with E-state index in [1.54, 1.807) is 29.1 Å². The van der Waals surface area contributed by atoms with E-state index in [4.69, 9.17) is 4.74 Å². The van der Waals surface area contributed by atoms with Crippen LogP contribution in [0, 0.1) is 24.4 Å². The molecule has 0 aliphatic carbocycles. The molecule has 0 saturated heterocycles. The highest BCUT2D eigenvalue weighted by molar-refractivity contribution is 5.75. The van der Waals surface area contributed by atoms with Crippen LogP contribution >= 0.6 is 0 Å². The minimum Gasteiger partial charge on any atom is -0.495 e. The van der Waals surface area contributed by atoms with Crippen LogP contribution in [0.15, 0.2) is 42.9 Å². The topological polar surface area (TPSA) is 57.8 Å². The molecule has 2 aromatic heterocycles. The van der Waals surface area contributed by atoms with E-state index in [9.17, 15) is 13.2 Å². The third-order valence-electron chi connectivity index (χ3n) is 5.97. The molecule has 1 aliphatic rings. The van der Waals surface area contributed by atoms with Crippen molar-refractivity contribution in [3.05, 3.63) is 88.8 Å². The van der Waals surface area contributed by atoms with Crippen LogP contribution in [0.4, 0.5) is 17.6 Å². The summed E-state index contributed by atoms with van der Waals surface area (Å²) in [6, 6.07) is 6.44. The third kappa shape index (κ3) is 4.31. The number of hydrogen-bond donors (Lipinski definition) is 0. The minimum atomic E-state index is -1.000. The summed E-state index contributed by atoms with van der Waals surface area (Å²) in [4.78, 5) is 8.46. The van der Waals surface area contributed by atoms with E-state index in [2.05, 4.69) is 15.1 Å². The van der Waals surface area contributed by atoms with E-state index >= 15 is 4.39 Å². The fraction of sp³-hybridized carbons (Fsp3) is 0.240. The number of fused-ring (bicyclic) bond motifs is 1. The van der Waals surface area contributed by atoms with Gasteiger partial charge in [-0.05, 0) is 43.5 Å². The van der Waals surface area contributed by atoms with Gasteiger partial charge < -0.3 is 9.30 Å². The molecule has 4 aromatic rings. The van der Waals surface area contributed by atoms with Crippen LogP contribution in [0.1, 0.15) is 47.2 Å². The lowest BCUT2D eigenvalue weighted by molar-refractivity contribution is 0.413. The molecule has 0 saturated carbocycles. The van der Waals surface area contributed by atoms with Gasteiger partial charge in [-0.1, -0.05) is 6.07 Å². The summed E-state index contributed by atoms with van der Waals surface area (Å²) in [5.41, 5.74) is 1.81. The number of nitrogens with zero attached hydrogens (tertiary/aromatic N) is 5. The Labute approximate surface area is 198 Å². The Hall–Kier alpha value is -3.95. The second-order valence-electron chi connectivity index (χ2n) is 8.34. The summed E-state index contributed by atoms with van der Waals surface area (Å²) >= 11 is 0. The molecule has 0 unspecified atom stereocenters. The van der Waals surface area contributed by atoms with E-state index in [1.165, 1.54) is 17.9 Å². The van der Waals surface area contributed by atoms with Gasteiger partial charge >= 0.3 is 0 Å². The van der Waals surface area contributed by atoms with E-state index in [0.717, 1.165) is 11.4 Å². The number of ether oxygens (including phenoxy) is 1. The first-order valence-electron chi connectivity index (χ1n) is 11.0. The number of aryl methyl sites for hydroxylation is 2. The summed E-state index contributed by atoms with van der Waals surface area (Å²) < 4.78 is 66.1. The van der Waals surface area contributed by atoms with Crippen LogP contribution in [0.3, 0.4) is 0 Å². The number of hydrogen-bond acceptors (Lipinski definition) is 4. The number of aromatic nitrogens is 5. The molecule has 35 heavy (non-hydrogen) atoms. The normalized spacial score (nSPS) is 15.8. The average molecular weight is 483 g/mol. The van der Waals surface area contributed by atoms with E-state index < -0.39 is 29.2 Å². The highest BCUT2D eigenvalue weighted by Crippen LogP contribution is 2.36. The van der Waals surface area contributed by atoms with Gasteiger partial charge in [-0.3, -0.25) is 0 Å². The zero-order chi connectivity index (χ0) is 24.7. The van der Waals surface area contributed by atoms with Crippen LogP contribution in [0.2, 0.25) is 0 Å². The van der Waals surface area contributed by atoms with Gasteiger partial charge in [0.1, 0.15) is 29.0 Å². The summed E-state index contributed by atoms with van der Waals surface area (Å²) in [6.45, 7) is 2.31. The Balaban J connectivity index is 1.48. The highest BCUT2D eigenvalue weighted by atomic mass is 19.1. The lowest BCUT2D eigenvalue weighted by atomic mass is 9.90. The van der Waals surface area contributed by atoms with Crippen LogP contribution < -0.4 is 4.74 Å². The molecular formula is C25H21F4N5O. The number of benzene rings is 2. The van der Waals surface area contributed by atoms with Crippen molar-refractivity contribution >= 4 is 11.9 Å². The number of halogens is 4. The van der Waals surface area contributed by atoms with Crippen molar-refractivity contribution in [3.63, 3.8) is 0 Å². The minimum absolute atomic E-state index is 0.192. The maximum absolute atomic E-state index is 15.2. The van der Waals surface area contributed by atoms with E-state index in [1.807, 2.05) is 13.1 Å². The third-order valence-corrected chi connectivity index (χ3v) is 5.97. The number of methoxy groups -OCH3 is 1. The maximum Gasteiger partial charge on any atom is 0.210 e. The molecule has 0 bridgehead atoms. The van der Waals surface area contributed by atoms with Crippen molar-refractivity contribution in [2.45, 2.75) is 32.2 Å². The molecule has 5 rings (SSSR count). The second kappa shape index (κ2) is 9.01. The SMILES string of the molecule is COc1cc(C=C(F)c2nc3n(n2)CCC[C@H]3c2c(F)cc(F)cc2F)ccc1-n1cnc(C)c1. The predicted octanol–water partition coefficient (Wildman–Crippen LogP) is 5.59. The predicted molar refractivity (Wildman–Crippen MR) is 121 cm³/mol. The molecular weight excluding hydrogens is 462 g/mol. The number of imidazole rings is 1. The molecule has 0 radical (unpaired) electrons. The van der Waals surface area contributed by atoms with Gasteiger partial charge in [0.25, 0.3) is 0 Å². The molecule has 3 heterocycles. The molecule has 1 atom stereocenters. The molecule has 6 nitrogen and oxygen atoms in total. The van der Waals surface area contributed by atoms with Crippen molar-refractivity contribution < 1.29 is 22.3 Å². The summed E-state index contributed by atoms with van der Waals surface area (Å²) in [7, 11) is 1.52. The van der Waals surface area contributed by atoms with Crippen LogP contribution in [-0.2, 0) is 6.54 Å². The lowest BCUT2D eigenvalue weighted by Gasteiger charge is -2.23. The Bertz CT molecular complexity index is 1420. The second-order valence-corrected chi connectivity index (χ2v) is 8.34. The van der Waals surface area contributed by atoms with Crippen molar-refractivity contribution in [1.29, 1.82) is 0 Å². The maximum atomic E-state index is 15.2. The quantitative estimate of drug-likeness (QED) is 0.347. The molecule has 2 aromatic carbocycles. The van der Waals surface area contributed by atoms with E-state index in [0.29, 0.717) is 42.8 Å². The molecule has 10 heteroatoms. The summed E-state index contributed by atoms with van der Waals surface area (Å²) in [5, 5.41) is 4.21. The van der Waals surface area contributed by atoms with Gasteiger partial charge in [0.2, 0.25) is 5.82 Å². The molecule has 180 valence electrons. The smallest absolute Gasteiger partial charge is 0.210 e. The Kier molecular flexibility index (Phi) is 5.88. The van der Waals surface area contributed by atoms with Crippen molar-refractivity contribution in [3.8, 4) is 11.4 Å². The summed E-state index contributed by atoms with van der Waals surface area (Å²) in [6.07, 6.45) is 5.72. The van der Waals surface area contributed by atoms with Crippen LogP contribution in [-0.4, -0.2) is 31.4 Å². The fourth-order valence-electron chi connectivity index (χ4n) is 4.37. The standard InChI is InChI=1S/C25H21F4N5O/c1-14-12-33(13-30-14)21-6-5-15(9-22(21)35-2)8-20(29)24-31-25-17(4-3-7-34(25)32-24)23-18(27)10-16(26)11-19(23)28/h5-6,8-13,17H,3-4,7H2,1-2H3/t17-/m0/s1. The summed E-state index contributed by atoms with van der Waals surface area (Å²) in [5.74, 6) is -3.94. The monoisotopic (exact) mass is 483 g/mol. The van der Waals surface area contributed by atoms with Crippen molar-refractivity contribution in [1.82, 2.24) is 24.3 Å². The van der Waals surface area contributed by atoms with Gasteiger partial charge in [-0.15, -0.1) is 5.10 Å². The van der Waals surface area contributed by atoms with Gasteiger partial charge in [-0.25, -0.2) is 32.2 Å². The Morgan fingerprint density at radius 3 is 2.60 bits per heavy atom. The van der Waals surface area contributed by atoms with Crippen molar-refractivity contribution in [2.24, 2.45) is 0 Å². The van der Waals surface area contributed by atoms with Gasteiger partial charge in [0.05, 0.1) is 24.8 Å². The van der Waals surface area contributed by atoms with E-state index in [-0.39, 0.29) is 17.2 Å². The first kappa shape index (κ1) is 22.8. The van der Waals surface area contributed by atoms with Gasteiger partial charge in [-0.2, -0.15) is 0 Å². The van der Waals surface area contributed by atoms with Crippen molar-refractivity contribution in [2.75, 3.05) is 7.11 Å². The highest BCUT2D eigenvalue weighted by Gasteiger charge is 2.31.